The van der Waals surface area contributed by atoms with Crippen molar-refractivity contribution in [1.29, 1.82) is 0 Å². The summed E-state index contributed by atoms with van der Waals surface area (Å²) >= 11 is 0. The molecule has 0 spiro atoms. The van der Waals surface area contributed by atoms with E-state index in [1.54, 1.807) is 0 Å². The average molecular weight is 212 g/mol. The van der Waals surface area contributed by atoms with Crippen LogP contribution in [0.2, 0.25) is 0 Å². The van der Waals surface area contributed by atoms with Gasteiger partial charge in [0.1, 0.15) is 11.9 Å². The molecule has 2 N–H and O–H groups in total. The van der Waals surface area contributed by atoms with Crippen LogP contribution in [0.15, 0.2) is 16.9 Å². The molecule has 2 heterocycles. The summed E-state index contributed by atoms with van der Waals surface area (Å²) < 4.78 is 9.58. The van der Waals surface area contributed by atoms with Gasteiger partial charge < -0.3 is 19.7 Å². The number of amides is 1. The maximum absolute atomic E-state index is 11.4. The number of carbonyl (C=O) groups is 1. The second-order valence-electron chi connectivity index (χ2n) is 3.59. The number of nitrogens with one attached hydrogen (secondary N) is 1. The average Bonchev–Trinajstić information content (AvgIpc) is 2.85. The summed E-state index contributed by atoms with van der Waals surface area (Å²) in [5.74, 6) is -0.357. The Morgan fingerprint density at radius 2 is 2.60 bits per heavy atom. The molecule has 6 heteroatoms. The number of aromatic nitrogens is 1. The van der Waals surface area contributed by atoms with E-state index in [1.165, 1.54) is 12.3 Å². The summed E-state index contributed by atoms with van der Waals surface area (Å²) in [5.41, 5.74) is -0.739. The van der Waals surface area contributed by atoms with Crippen LogP contribution in [-0.2, 0) is 4.74 Å². The van der Waals surface area contributed by atoms with Gasteiger partial charge in [-0.05, 0) is 0 Å². The molecular formula is C9H12N2O4. The molecule has 15 heavy (non-hydrogen) atoms. The Bertz CT molecular complexity index is 330. The van der Waals surface area contributed by atoms with Crippen molar-refractivity contribution < 1.29 is 19.2 Å². The number of hydrogen-bond donors (Lipinski definition) is 2. The van der Waals surface area contributed by atoms with Crippen LogP contribution in [0, 0.1) is 0 Å². The molecule has 1 fully saturated rings. The van der Waals surface area contributed by atoms with Gasteiger partial charge in [-0.15, -0.1) is 0 Å². The normalized spacial score (nSPS) is 25.4. The molecule has 6 nitrogen and oxygen atoms in total. The Kier molecular flexibility index (Phi) is 2.70. The Labute approximate surface area is 86.2 Å². The lowest BCUT2D eigenvalue weighted by molar-refractivity contribution is 0.0263. The Morgan fingerprint density at radius 3 is 3.20 bits per heavy atom. The van der Waals surface area contributed by atoms with E-state index >= 15 is 0 Å². The first-order chi connectivity index (χ1) is 7.20. The smallest absolute Gasteiger partial charge is 0.273 e. The first-order valence-corrected chi connectivity index (χ1v) is 4.68. The highest BCUT2D eigenvalue weighted by Crippen LogP contribution is 2.16. The molecule has 1 atom stereocenters. The van der Waals surface area contributed by atoms with E-state index in [0.717, 1.165) is 0 Å². The van der Waals surface area contributed by atoms with Crippen molar-refractivity contribution in [2.75, 3.05) is 19.8 Å². The lowest BCUT2D eigenvalue weighted by Crippen LogP contribution is -2.43. The third-order valence-corrected chi connectivity index (χ3v) is 2.33. The van der Waals surface area contributed by atoms with E-state index in [1.807, 2.05) is 0 Å². The fraction of sp³-hybridized carbons (Fsp3) is 0.556. The van der Waals surface area contributed by atoms with Gasteiger partial charge in [0.2, 0.25) is 0 Å². The molecule has 0 radical (unpaired) electrons. The molecule has 0 saturated carbocycles. The fourth-order valence-electron chi connectivity index (χ4n) is 1.40. The van der Waals surface area contributed by atoms with E-state index in [-0.39, 0.29) is 24.8 Å². The zero-order valence-electron chi connectivity index (χ0n) is 8.10. The van der Waals surface area contributed by atoms with Crippen molar-refractivity contribution in [1.82, 2.24) is 10.5 Å². The first-order valence-electron chi connectivity index (χ1n) is 4.68. The molecule has 1 amide bonds. The van der Waals surface area contributed by atoms with Crippen LogP contribution in [0.1, 0.15) is 16.9 Å². The number of rotatable bonds is 3. The molecule has 1 unspecified atom stereocenters. The van der Waals surface area contributed by atoms with E-state index < -0.39 is 5.60 Å². The molecule has 1 aliphatic rings. The van der Waals surface area contributed by atoms with Gasteiger partial charge in [-0.2, -0.15) is 0 Å². The third kappa shape index (κ3) is 2.34. The summed E-state index contributed by atoms with van der Waals surface area (Å²) in [6.45, 7) is 0.946. The van der Waals surface area contributed by atoms with Crippen LogP contribution in [-0.4, -0.2) is 41.5 Å². The summed E-state index contributed by atoms with van der Waals surface area (Å²) in [6.07, 6.45) is 1.86. The van der Waals surface area contributed by atoms with Crippen molar-refractivity contribution in [2.45, 2.75) is 12.0 Å². The predicted octanol–water partition coefficient (Wildman–Crippen LogP) is -0.444. The third-order valence-electron chi connectivity index (χ3n) is 2.33. The second-order valence-corrected chi connectivity index (χ2v) is 3.59. The molecule has 0 aliphatic carbocycles. The summed E-state index contributed by atoms with van der Waals surface area (Å²) in [7, 11) is 0. The van der Waals surface area contributed by atoms with E-state index in [0.29, 0.717) is 13.0 Å². The number of carbonyl (C=O) groups excluding carboxylic acids is 1. The van der Waals surface area contributed by atoms with Crippen LogP contribution >= 0.6 is 0 Å². The molecule has 1 saturated heterocycles. The van der Waals surface area contributed by atoms with Crippen LogP contribution in [0.5, 0.6) is 0 Å². The highest BCUT2D eigenvalue weighted by molar-refractivity contribution is 5.91. The highest BCUT2D eigenvalue weighted by atomic mass is 16.5. The minimum atomic E-state index is -0.945. The monoisotopic (exact) mass is 212 g/mol. The van der Waals surface area contributed by atoms with Crippen molar-refractivity contribution in [3.8, 4) is 0 Å². The molecular weight excluding hydrogens is 200 g/mol. The molecule has 1 aliphatic heterocycles. The molecule has 1 aromatic heterocycles. The van der Waals surface area contributed by atoms with Gasteiger partial charge in [0.15, 0.2) is 5.69 Å². The maximum Gasteiger partial charge on any atom is 0.273 e. The standard InChI is InChI=1S/C9H12N2O4/c12-8(7-1-3-15-11-7)10-5-9(13)2-4-14-6-9/h1,3,13H,2,4-6H2,(H,10,12). The van der Waals surface area contributed by atoms with Gasteiger partial charge in [0, 0.05) is 25.6 Å². The minimum Gasteiger partial charge on any atom is -0.386 e. The van der Waals surface area contributed by atoms with Crippen LogP contribution in [0.25, 0.3) is 0 Å². The number of nitrogens with zero attached hydrogens (tertiary/aromatic N) is 1. The Hall–Kier alpha value is -1.40. The molecule has 0 bridgehead atoms. The van der Waals surface area contributed by atoms with Crippen molar-refractivity contribution in [3.63, 3.8) is 0 Å². The van der Waals surface area contributed by atoms with Gasteiger partial charge >= 0.3 is 0 Å². The molecule has 2 rings (SSSR count). The topological polar surface area (TPSA) is 84.6 Å². The van der Waals surface area contributed by atoms with Crippen molar-refractivity contribution >= 4 is 5.91 Å². The zero-order valence-corrected chi connectivity index (χ0v) is 8.10. The summed E-state index contributed by atoms with van der Waals surface area (Å²) in [6, 6.07) is 1.46. The molecule has 1 aromatic rings. The predicted molar refractivity (Wildman–Crippen MR) is 49.2 cm³/mol. The van der Waals surface area contributed by atoms with Gasteiger partial charge in [-0.3, -0.25) is 4.79 Å². The molecule has 82 valence electrons. The van der Waals surface area contributed by atoms with Gasteiger partial charge in [-0.1, -0.05) is 5.16 Å². The van der Waals surface area contributed by atoms with Crippen LogP contribution < -0.4 is 5.32 Å². The van der Waals surface area contributed by atoms with E-state index in [9.17, 15) is 9.90 Å². The second kappa shape index (κ2) is 4.00. The lowest BCUT2D eigenvalue weighted by atomic mass is 10.0. The van der Waals surface area contributed by atoms with Crippen molar-refractivity contribution in [2.24, 2.45) is 0 Å². The summed E-state index contributed by atoms with van der Waals surface area (Å²) in [5, 5.41) is 15.9. The number of aliphatic hydroxyl groups is 1. The van der Waals surface area contributed by atoms with Crippen LogP contribution in [0.3, 0.4) is 0 Å². The Morgan fingerprint density at radius 1 is 1.73 bits per heavy atom. The van der Waals surface area contributed by atoms with Gasteiger partial charge in [-0.25, -0.2) is 0 Å². The van der Waals surface area contributed by atoms with E-state index in [2.05, 4.69) is 15.0 Å². The van der Waals surface area contributed by atoms with Crippen molar-refractivity contribution in [3.05, 3.63) is 18.0 Å². The summed E-state index contributed by atoms with van der Waals surface area (Å²) in [4.78, 5) is 11.4. The highest BCUT2D eigenvalue weighted by Gasteiger charge is 2.32. The Balaban J connectivity index is 1.85. The van der Waals surface area contributed by atoms with Crippen LogP contribution in [0.4, 0.5) is 0 Å². The maximum atomic E-state index is 11.4. The minimum absolute atomic E-state index is 0.165. The largest absolute Gasteiger partial charge is 0.386 e. The zero-order chi connectivity index (χ0) is 10.7. The van der Waals surface area contributed by atoms with Gasteiger partial charge in [0.25, 0.3) is 5.91 Å². The first kappa shape index (κ1) is 10.1. The number of hydrogen-bond acceptors (Lipinski definition) is 5. The van der Waals surface area contributed by atoms with E-state index in [4.69, 9.17) is 4.74 Å². The fourth-order valence-corrected chi connectivity index (χ4v) is 1.40. The SMILES string of the molecule is O=C(NCC1(O)CCOC1)c1ccon1. The lowest BCUT2D eigenvalue weighted by Gasteiger charge is -2.19. The number of ether oxygens (including phenoxy) is 1. The quantitative estimate of drug-likeness (QED) is 0.709. The van der Waals surface area contributed by atoms with Gasteiger partial charge in [0.05, 0.1) is 6.61 Å². The molecule has 0 aromatic carbocycles.